The Balaban J connectivity index is 1.34. The summed E-state index contributed by atoms with van der Waals surface area (Å²) in [5.41, 5.74) is 7.27. The van der Waals surface area contributed by atoms with Gasteiger partial charge in [-0.1, -0.05) is 6.07 Å². The van der Waals surface area contributed by atoms with E-state index in [4.69, 9.17) is 14.6 Å². The molecule has 1 aromatic heterocycles. The van der Waals surface area contributed by atoms with Gasteiger partial charge in [0.25, 0.3) is 0 Å². The number of likely N-dealkylation sites (tertiary alicyclic amines) is 1. The second-order valence-corrected chi connectivity index (χ2v) is 8.59. The summed E-state index contributed by atoms with van der Waals surface area (Å²) in [6.07, 6.45) is 5.83. The predicted molar refractivity (Wildman–Crippen MR) is 123 cm³/mol. The van der Waals surface area contributed by atoms with Gasteiger partial charge in [-0.15, -0.1) is 0 Å². The number of aryl methyl sites for hydroxylation is 2. The third kappa shape index (κ3) is 4.07. The average Bonchev–Trinajstić information content (AvgIpc) is 3.45. The number of ether oxygens (including phenoxy) is 2. The molecule has 0 amide bonds. The summed E-state index contributed by atoms with van der Waals surface area (Å²) < 4.78 is 13.6. The lowest BCUT2D eigenvalue weighted by molar-refractivity contribution is 0.263. The molecular formula is C26H31N3O2. The molecule has 5 heteroatoms. The van der Waals surface area contributed by atoms with Gasteiger partial charge in [0.15, 0.2) is 0 Å². The van der Waals surface area contributed by atoms with Crippen molar-refractivity contribution in [3.05, 3.63) is 59.3 Å². The Kier molecular flexibility index (Phi) is 5.68. The van der Waals surface area contributed by atoms with Gasteiger partial charge in [0.1, 0.15) is 11.5 Å². The number of nitrogens with zero attached hydrogens (tertiary/aromatic N) is 3. The lowest BCUT2D eigenvalue weighted by Gasteiger charge is -2.19. The summed E-state index contributed by atoms with van der Waals surface area (Å²) in [7, 11) is 1.72. The lowest BCUT2D eigenvalue weighted by Crippen LogP contribution is -2.21. The van der Waals surface area contributed by atoms with E-state index in [0.29, 0.717) is 0 Å². The van der Waals surface area contributed by atoms with Gasteiger partial charge in [-0.25, -0.2) is 4.68 Å². The van der Waals surface area contributed by atoms with E-state index in [1.54, 1.807) is 7.11 Å². The smallest absolute Gasteiger partial charge is 0.119 e. The average molecular weight is 418 g/mol. The van der Waals surface area contributed by atoms with Crippen molar-refractivity contribution >= 4 is 0 Å². The molecule has 1 aliphatic carbocycles. The molecule has 5 rings (SSSR count). The van der Waals surface area contributed by atoms with Crippen molar-refractivity contribution in [2.24, 2.45) is 0 Å². The second kappa shape index (κ2) is 8.75. The Labute approximate surface area is 184 Å². The first-order chi connectivity index (χ1) is 15.2. The molecule has 0 unspecified atom stereocenters. The van der Waals surface area contributed by atoms with E-state index >= 15 is 0 Å². The van der Waals surface area contributed by atoms with E-state index in [0.717, 1.165) is 55.3 Å². The van der Waals surface area contributed by atoms with Crippen LogP contribution in [0, 0.1) is 6.92 Å². The molecule has 5 nitrogen and oxygen atoms in total. The van der Waals surface area contributed by atoms with Crippen LogP contribution in [-0.4, -0.2) is 48.0 Å². The maximum atomic E-state index is 5.99. The largest absolute Gasteiger partial charge is 0.497 e. The molecule has 2 heterocycles. The zero-order valence-corrected chi connectivity index (χ0v) is 18.6. The summed E-state index contributed by atoms with van der Waals surface area (Å²) >= 11 is 0. The first-order valence-corrected chi connectivity index (χ1v) is 11.4. The van der Waals surface area contributed by atoms with Crippen molar-refractivity contribution in [3.8, 4) is 28.4 Å². The number of rotatable bonds is 7. The Hall–Kier alpha value is -2.79. The molecule has 0 N–H and O–H groups in total. The number of benzene rings is 2. The molecule has 3 aromatic rings. The van der Waals surface area contributed by atoms with Crippen LogP contribution >= 0.6 is 0 Å². The van der Waals surface area contributed by atoms with Crippen molar-refractivity contribution in [2.45, 2.75) is 39.0 Å². The highest BCUT2D eigenvalue weighted by Gasteiger charge is 2.24. The molecule has 31 heavy (non-hydrogen) atoms. The highest BCUT2D eigenvalue weighted by atomic mass is 16.5. The zero-order valence-electron chi connectivity index (χ0n) is 18.6. The molecule has 2 aromatic carbocycles. The van der Waals surface area contributed by atoms with Gasteiger partial charge in [0.2, 0.25) is 0 Å². The standard InChI is InChI=1S/C26H31N3O2/c1-19-24-13-7-20-6-10-23(30-2)18-25(20)26(24)29(27-19)21-8-11-22(12-9-21)31-17-5-16-28-14-3-4-15-28/h6,8-12,18H,3-5,7,13-17H2,1-2H3. The van der Waals surface area contributed by atoms with Crippen LogP contribution in [0.25, 0.3) is 16.9 Å². The third-order valence-electron chi connectivity index (χ3n) is 6.57. The third-order valence-corrected chi connectivity index (χ3v) is 6.57. The van der Waals surface area contributed by atoms with Gasteiger partial charge < -0.3 is 14.4 Å². The van der Waals surface area contributed by atoms with Crippen molar-refractivity contribution in [3.63, 3.8) is 0 Å². The topological polar surface area (TPSA) is 39.5 Å². The minimum Gasteiger partial charge on any atom is -0.497 e. The Bertz CT molecular complexity index is 1050. The number of aromatic nitrogens is 2. The van der Waals surface area contributed by atoms with Crippen LogP contribution in [-0.2, 0) is 12.8 Å². The van der Waals surface area contributed by atoms with Crippen LogP contribution in [0.3, 0.4) is 0 Å². The fourth-order valence-electron chi connectivity index (χ4n) is 4.87. The van der Waals surface area contributed by atoms with Gasteiger partial charge in [-0.2, -0.15) is 5.10 Å². The van der Waals surface area contributed by atoms with Crippen molar-refractivity contribution in [1.82, 2.24) is 14.7 Å². The highest BCUT2D eigenvalue weighted by Crippen LogP contribution is 2.38. The lowest BCUT2D eigenvalue weighted by atomic mass is 9.89. The van der Waals surface area contributed by atoms with E-state index in [2.05, 4.69) is 52.9 Å². The number of methoxy groups -OCH3 is 1. The minimum atomic E-state index is 0.763. The van der Waals surface area contributed by atoms with E-state index in [1.807, 2.05) is 6.07 Å². The zero-order chi connectivity index (χ0) is 21.2. The molecule has 0 radical (unpaired) electrons. The Morgan fingerprint density at radius 3 is 2.52 bits per heavy atom. The predicted octanol–water partition coefficient (Wildman–Crippen LogP) is 4.82. The van der Waals surface area contributed by atoms with Crippen molar-refractivity contribution < 1.29 is 9.47 Å². The summed E-state index contributed by atoms with van der Waals surface area (Å²) in [6.45, 7) is 6.51. The van der Waals surface area contributed by atoms with Crippen LogP contribution in [0.4, 0.5) is 0 Å². The van der Waals surface area contributed by atoms with Crippen LogP contribution < -0.4 is 9.47 Å². The molecule has 1 fully saturated rings. The van der Waals surface area contributed by atoms with E-state index < -0.39 is 0 Å². The Morgan fingerprint density at radius 1 is 0.968 bits per heavy atom. The van der Waals surface area contributed by atoms with Crippen LogP contribution in [0.5, 0.6) is 11.5 Å². The Morgan fingerprint density at radius 2 is 1.74 bits per heavy atom. The number of hydrogen-bond acceptors (Lipinski definition) is 4. The SMILES string of the molecule is COc1ccc2c(c1)-c1c(c(C)nn1-c1ccc(OCCCN3CCCC3)cc1)CC2. The first kappa shape index (κ1) is 20.1. The second-order valence-electron chi connectivity index (χ2n) is 8.59. The van der Waals surface area contributed by atoms with Crippen molar-refractivity contribution in [2.75, 3.05) is 33.4 Å². The molecule has 0 bridgehead atoms. The first-order valence-electron chi connectivity index (χ1n) is 11.4. The summed E-state index contributed by atoms with van der Waals surface area (Å²) in [6, 6.07) is 14.7. The van der Waals surface area contributed by atoms with Gasteiger partial charge in [0, 0.05) is 17.7 Å². The summed E-state index contributed by atoms with van der Waals surface area (Å²) in [5, 5.41) is 4.90. The van der Waals surface area contributed by atoms with Crippen LogP contribution in [0.15, 0.2) is 42.5 Å². The fourth-order valence-corrected chi connectivity index (χ4v) is 4.87. The molecule has 0 spiro atoms. The van der Waals surface area contributed by atoms with Gasteiger partial charge in [0.05, 0.1) is 30.8 Å². The molecule has 1 saturated heterocycles. The fraction of sp³-hybridized carbons (Fsp3) is 0.423. The molecule has 0 atom stereocenters. The molecular weight excluding hydrogens is 386 g/mol. The van der Waals surface area contributed by atoms with Crippen molar-refractivity contribution in [1.29, 1.82) is 0 Å². The highest BCUT2D eigenvalue weighted by molar-refractivity contribution is 5.74. The van der Waals surface area contributed by atoms with Crippen LogP contribution in [0.1, 0.15) is 36.1 Å². The molecule has 162 valence electrons. The van der Waals surface area contributed by atoms with Crippen LogP contribution in [0.2, 0.25) is 0 Å². The minimum absolute atomic E-state index is 0.763. The van der Waals surface area contributed by atoms with E-state index in [1.165, 1.54) is 48.3 Å². The molecule has 1 aliphatic heterocycles. The quantitative estimate of drug-likeness (QED) is 0.517. The van der Waals surface area contributed by atoms with Gasteiger partial charge in [-0.05, 0) is 94.1 Å². The molecule has 0 saturated carbocycles. The van der Waals surface area contributed by atoms with E-state index in [9.17, 15) is 0 Å². The number of hydrogen-bond donors (Lipinski definition) is 0. The monoisotopic (exact) mass is 417 g/mol. The maximum Gasteiger partial charge on any atom is 0.119 e. The molecule has 2 aliphatic rings. The van der Waals surface area contributed by atoms with Gasteiger partial charge >= 0.3 is 0 Å². The van der Waals surface area contributed by atoms with E-state index in [-0.39, 0.29) is 0 Å². The number of fused-ring (bicyclic) bond motifs is 3. The summed E-state index contributed by atoms with van der Waals surface area (Å²) in [5.74, 6) is 1.81. The van der Waals surface area contributed by atoms with Gasteiger partial charge in [-0.3, -0.25) is 0 Å². The summed E-state index contributed by atoms with van der Waals surface area (Å²) in [4.78, 5) is 2.53. The maximum absolute atomic E-state index is 5.99. The normalized spacial score (nSPS) is 15.5.